The zero-order chi connectivity index (χ0) is 38.1. The Morgan fingerprint density at radius 1 is 0.679 bits per heavy atom. The molecule has 0 aliphatic heterocycles. The summed E-state index contributed by atoms with van der Waals surface area (Å²) in [5.41, 5.74) is 10.4. The Bertz CT molecular complexity index is 2360. The normalized spacial score (nSPS) is 11.0. The molecular weight excluding hydrogens is 808 g/mol. The number of nitrogen functional groups attached to an aromatic ring is 1. The topological polar surface area (TPSA) is 198 Å². The molecule has 0 aliphatic rings. The lowest BCUT2D eigenvalue weighted by molar-refractivity contribution is 0.0636. The second-order valence-corrected chi connectivity index (χ2v) is 14.0. The molecule has 1 amide bonds. The van der Waals surface area contributed by atoms with Crippen LogP contribution in [0.1, 0.15) is 41.5 Å². The molecule has 16 nitrogen and oxygen atoms in total. The van der Waals surface area contributed by atoms with Gasteiger partial charge in [-0.2, -0.15) is 20.4 Å². The van der Waals surface area contributed by atoms with Crippen molar-refractivity contribution in [1.82, 2.24) is 59.5 Å². The van der Waals surface area contributed by atoms with Crippen LogP contribution in [0.5, 0.6) is 0 Å². The number of carbonyl (C=O) groups is 1. The zero-order valence-corrected chi connectivity index (χ0v) is 33.3. The minimum absolute atomic E-state index is 0.494. The first-order valence-electron chi connectivity index (χ1n) is 16.7. The van der Waals surface area contributed by atoms with Gasteiger partial charge in [-0.05, 0) is 73.4 Å². The summed E-state index contributed by atoms with van der Waals surface area (Å²) in [6.45, 7) is 14.0. The molecule has 0 bridgehead atoms. The fourth-order valence-corrected chi connectivity index (χ4v) is 5.92. The number of fused-ring (bicyclic) bond motifs is 4. The lowest BCUT2D eigenvalue weighted by Gasteiger charge is -2.19. The third kappa shape index (κ3) is 9.50. The van der Waals surface area contributed by atoms with Crippen molar-refractivity contribution in [2.24, 2.45) is 0 Å². The molecule has 0 aliphatic carbocycles. The van der Waals surface area contributed by atoms with Crippen molar-refractivity contribution in [3.8, 4) is 0 Å². The number of anilines is 2. The van der Waals surface area contributed by atoms with Crippen LogP contribution >= 0.6 is 31.9 Å². The molecule has 8 rings (SSSR count). The summed E-state index contributed by atoms with van der Waals surface area (Å²) in [6.07, 6.45) is 20.5. The molecule has 0 radical (unpaired) electrons. The standard InChI is InChI=1S/C13H18N4O2.C8H8BrN3.C8H10N4.C6H4BrN3/c1-5-17-11-8-14-7-10(9(11)6-15-17)16-12(18)19-13(2,3)4;2*1-2-12-8-5-10-4-7(9)6(8)3-11-12;7-5-2-8-3-6-4(5)1-9-10-6/h6-8H,5H2,1-4H3,(H,16,18);3-5H,2H2,1H3;3-5H,2,9H2,1H3;1-3H,(H,9,10). The van der Waals surface area contributed by atoms with E-state index in [-0.39, 0.29) is 0 Å². The van der Waals surface area contributed by atoms with Gasteiger partial charge in [0.1, 0.15) is 5.60 Å². The van der Waals surface area contributed by atoms with E-state index in [2.05, 4.69) is 89.5 Å². The van der Waals surface area contributed by atoms with E-state index < -0.39 is 11.7 Å². The number of carbonyl (C=O) groups excluding carboxylic acids is 1. The van der Waals surface area contributed by atoms with Gasteiger partial charge in [-0.3, -0.25) is 44.4 Å². The van der Waals surface area contributed by atoms with Crippen LogP contribution in [0.15, 0.2) is 83.3 Å². The monoisotopic (exact) mass is 846 g/mol. The van der Waals surface area contributed by atoms with E-state index in [1.165, 1.54) is 0 Å². The third-order valence-corrected chi connectivity index (χ3v) is 8.81. The van der Waals surface area contributed by atoms with E-state index in [1.54, 1.807) is 62.0 Å². The quantitative estimate of drug-likeness (QED) is 0.156. The summed E-state index contributed by atoms with van der Waals surface area (Å²) in [5, 5.41) is 26.0. The number of nitrogens with one attached hydrogen (secondary N) is 2. The Morgan fingerprint density at radius 2 is 1.17 bits per heavy atom. The van der Waals surface area contributed by atoms with Gasteiger partial charge in [-0.1, -0.05) is 0 Å². The molecule has 0 atom stereocenters. The van der Waals surface area contributed by atoms with E-state index in [0.717, 1.165) is 72.2 Å². The lowest BCUT2D eigenvalue weighted by atomic mass is 10.2. The Kier molecular flexibility index (Phi) is 12.7. The second kappa shape index (κ2) is 17.4. The number of nitrogens with two attached hydrogens (primary N) is 1. The van der Waals surface area contributed by atoms with Crippen molar-refractivity contribution in [3.05, 3.63) is 83.3 Å². The van der Waals surface area contributed by atoms with E-state index in [0.29, 0.717) is 11.4 Å². The maximum absolute atomic E-state index is 11.8. The highest BCUT2D eigenvalue weighted by Gasteiger charge is 2.17. The highest BCUT2D eigenvalue weighted by atomic mass is 79.9. The Labute approximate surface area is 321 Å². The summed E-state index contributed by atoms with van der Waals surface area (Å²) in [5.74, 6) is 0. The van der Waals surface area contributed by atoms with Crippen LogP contribution in [-0.2, 0) is 24.4 Å². The SMILES string of the molecule is Brc1cncc2[nH]ncc12.CCn1ncc2c(Br)cncc21.CCn1ncc2c(N)cncc21.CCn1ncc2c(NC(=O)OC(C)(C)C)cncc21. The Morgan fingerprint density at radius 3 is 1.75 bits per heavy atom. The number of hydrogen-bond donors (Lipinski definition) is 3. The van der Waals surface area contributed by atoms with Crippen LogP contribution in [0, 0.1) is 0 Å². The van der Waals surface area contributed by atoms with Gasteiger partial charge in [-0.25, -0.2) is 4.79 Å². The summed E-state index contributed by atoms with van der Waals surface area (Å²) in [6, 6.07) is 0. The molecule has 4 N–H and O–H groups in total. The van der Waals surface area contributed by atoms with E-state index in [9.17, 15) is 4.79 Å². The van der Waals surface area contributed by atoms with Crippen LogP contribution in [0.4, 0.5) is 16.2 Å². The van der Waals surface area contributed by atoms with Crippen LogP contribution in [0.2, 0.25) is 0 Å². The van der Waals surface area contributed by atoms with Crippen LogP contribution in [0.3, 0.4) is 0 Å². The van der Waals surface area contributed by atoms with Gasteiger partial charge in [0.05, 0.1) is 95.4 Å². The van der Waals surface area contributed by atoms with E-state index >= 15 is 0 Å². The van der Waals surface area contributed by atoms with Gasteiger partial charge in [-0.15, -0.1) is 0 Å². The average molecular weight is 849 g/mol. The number of ether oxygens (including phenoxy) is 1. The van der Waals surface area contributed by atoms with Gasteiger partial charge >= 0.3 is 6.09 Å². The molecule has 0 aromatic carbocycles. The Balaban J connectivity index is 0.000000140. The fourth-order valence-electron chi connectivity index (χ4n) is 5.06. The molecule has 8 aromatic heterocycles. The van der Waals surface area contributed by atoms with Crippen molar-refractivity contribution in [2.45, 2.75) is 66.8 Å². The summed E-state index contributed by atoms with van der Waals surface area (Å²) >= 11 is 6.78. The third-order valence-electron chi connectivity index (χ3n) is 7.55. The molecule has 0 spiro atoms. The predicted octanol–water partition coefficient (Wildman–Crippen LogP) is 7.77. The minimum atomic E-state index is -0.529. The van der Waals surface area contributed by atoms with Gasteiger partial charge in [0, 0.05) is 62.5 Å². The van der Waals surface area contributed by atoms with Crippen molar-refractivity contribution >= 4 is 92.9 Å². The molecule has 8 heterocycles. The first-order valence-corrected chi connectivity index (χ1v) is 18.2. The number of halogens is 2. The van der Waals surface area contributed by atoms with Gasteiger partial charge in [0.25, 0.3) is 0 Å². The molecule has 0 saturated carbocycles. The lowest BCUT2D eigenvalue weighted by Crippen LogP contribution is -2.27. The maximum atomic E-state index is 11.8. The van der Waals surface area contributed by atoms with Crippen LogP contribution < -0.4 is 11.1 Å². The van der Waals surface area contributed by atoms with E-state index in [4.69, 9.17) is 10.5 Å². The zero-order valence-electron chi connectivity index (χ0n) is 30.1. The first kappa shape index (κ1) is 38.7. The van der Waals surface area contributed by atoms with Gasteiger partial charge in [0.15, 0.2) is 0 Å². The van der Waals surface area contributed by atoms with Gasteiger partial charge < -0.3 is 10.5 Å². The molecule has 276 valence electrons. The number of aromatic nitrogens is 12. The minimum Gasteiger partial charge on any atom is -0.444 e. The average Bonchev–Trinajstić information content (AvgIpc) is 3.94. The number of hydrogen-bond acceptors (Lipinski definition) is 11. The molecule has 0 fully saturated rings. The summed E-state index contributed by atoms with van der Waals surface area (Å²) < 4.78 is 12.8. The number of H-pyrrole nitrogens is 1. The van der Waals surface area contributed by atoms with Crippen molar-refractivity contribution in [3.63, 3.8) is 0 Å². The second-order valence-electron chi connectivity index (χ2n) is 12.3. The Hall–Kier alpha value is -5.49. The number of rotatable bonds is 4. The van der Waals surface area contributed by atoms with Crippen molar-refractivity contribution in [2.75, 3.05) is 11.1 Å². The fraction of sp³-hybridized carbons (Fsp3) is 0.286. The molecule has 8 aromatic rings. The highest BCUT2D eigenvalue weighted by Crippen LogP contribution is 2.24. The number of aromatic amines is 1. The highest BCUT2D eigenvalue weighted by molar-refractivity contribution is 9.11. The van der Waals surface area contributed by atoms with Crippen LogP contribution in [-0.4, -0.2) is 71.2 Å². The largest absolute Gasteiger partial charge is 0.444 e. The van der Waals surface area contributed by atoms with E-state index in [1.807, 2.05) is 61.1 Å². The van der Waals surface area contributed by atoms with Crippen molar-refractivity contribution in [1.29, 1.82) is 0 Å². The number of aryl methyl sites for hydroxylation is 3. The predicted molar refractivity (Wildman–Crippen MR) is 213 cm³/mol. The first-order chi connectivity index (χ1) is 25.4. The molecule has 18 heteroatoms. The summed E-state index contributed by atoms with van der Waals surface area (Å²) in [4.78, 5) is 27.9. The number of amides is 1. The molecular formula is C35H40Br2N14O2. The summed E-state index contributed by atoms with van der Waals surface area (Å²) in [7, 11) is 0. The van der Waals surface area contributed by atoms with Crippen LogP contribution in [0.25, 0.3) is 43.6 Å². The van der Waals surface area contributed by atoms with Gasteiger partial charge in [0.2, 0.25) is 0 Å². The maximum Gasteiger partial charge on any atom is 0.412 e. The molecule has 0 unspecified atom stereocenters. The smallest absolute Gasteiger partial charge is 0.412 e. The molecule has 0 saturated heterocycles. The molecule has 53 heavy (non-hydrogen) atoms. The number of nitrogens with zero attached hydrogens (tertiary/aromatic N) is 11. The van der Waals surface area contributed by atoms with Crippen molar-refractivity contribution < 1.29 is 9.53 Å². The number of pyridine rings is 4.